The second kappa shape index (κ2) is 6.30. The number of carbonyl (C=O) groups excluding carboxylic acids is 1. The summed E-state index contributed by atoms with van der Waals surface area (Å²) < 4.78 is 31.5. The van der Waals surface area contributed by atoms with Gasteiger partial charge in [-0.25, -0.2) is 8.78 Å². The van der Waals surface area contributed by atoms with Gasteiger partial charge in [0.2, 0.25) is 5.91 Å². The summed E-state index contributed by atoms with van der Waals surface area (Å²) in [7, 11) is 0. The van der Waals surface area contributed by atoms with Crippen molar-refractivity contribution in [1.29, 1.82) is 0 Å². The molecule has 0 aliphatic rings. The van der Waals surface area contributed by atoms with Gasteiger partial charge < -0.3 is 10.1 Å². The number of ether oxygens (including phenoxy) is 1. The zero-order valence-corrected chi connectivity index (χ0v) is 9.85. The molecule has 0 radical (unpaired) electrons. The first-order chi connectivity index (χ1) is 8.04. The van der Waals surface area contributed by atoms with Gasteiger partial charge in [0.05, 0.1) is 5.69 Å². The Balaban J connectivity index is 2.62. The molecule has 0 aromatic heterocycles. The van der Waals surface area contributed by atoms with E-state index in [0.29, 0.717) is 6.61 Å². The largest absolute Gasteiger partial charge is 0.372 e. The van der Waals surface area contributed by atoms with E-state index < -0.39 is 17.5 Å². The molecule has 0 heterocycles. The fourth-order valence-corrected chi connectivity index (χ4v) is 1.24. The highest BCUT2D eigenvalue weighted by Gasteiger charge is 2.10. The molecule has 17 heavy (non-hydrogen) atoms. The van der Waals surface area contributed by atoms with Gasteiger partial charge in [-0.1, -0.05) is 6.92 Å². The van der Waals surface area contributed by atoms with Gasteiger partial charge in [-0.05, 0) is 25.0 Å². The van der Waals surface area contributed by atoms with Crippen LogP contribution >= 0.6 is 0 Å². The molecule has 1 aromatic carbocycles. The van der Waals surface area contributed by atoms with Gasteiger partial charge in [-0.15, -0.1) is 0 Å². The summed E-state index contributed by atoms with van der Waals surface area (Å²) in [5.74, 6) is -1.72. The smallest absolute Gasteiger partial charge is 0.250 e. The number of benzene rings is 1. The van der Waals surface area contributed by atoms with E-state index in [1.165, 1.54) is 6.92 Å². The van der Waals surface area contributed by atoms with Gasteiger partial charge in [0.25, 0.3) is 0 Å². The van der Waals surface area contributed by atoms with Crippen molar-refractivity contribution in [2.24, 2.45) is 0 Å². The van der Waals surface area contributed by atoms with Gasteiger partial charge in [-0.2, -0.15) is 0 Å². The Morgan fingerprint density at radius 1 is 1.35 bits per heavy atom. The van der Waals surface area contributed by atoms with Gasteiger partial charge in [0.1, 0.15) is 18.2 Å². The maximum absolute atomic E-state index is 13.4. The molecular formula is C12H15F2NO2. The minimum absolute atomic E-state index is 0.164. The fraction of sp³-hybridized carbons (Fsp3) is 0.417. The molecule has 0 fully saturated rings. The quantitative estimate of drug-likeness (QED) is 0.807. The van der Waals surface area contributed by atoms with Crippen LogP contribution in [0, 0.1) is 18.6 Å². The Hall–Kier alpha value is -1.49. The Bertz CT molecular complexity index is 408. The van der Waals surface area contributed by atoms with Crippen LogP contribution in [0.3, 0.4) is 0 Å². The molecule has 0 unspecified atom stereocenters. The SMILES string of the molecule is CCCOCC(=O)Nc1cc(F)c(C)cc1F. The van der Waals surface area contributed by atoms with E-state index in [2.05, 4.69) is 5.32 Å². The summed E-state index contributed by atoms with van der Waals surface area (Å²) in [6.07, 6.45) is 0.792. The minimum atomic E-state index is -0.659. The number of hydrogen-bond donors (Lipinski definition) is 1. The lowest BCUT2D eigenvalue weighted by molar-refractivity contribution is -0.120. The zero-order chi connectivity index (χ0) is 12.8. The number of hydrogen-bond acceptors (Lipinski definition) is 2. The number of rotatable bonds is 5. The first-order valence-corrected chi connectivity index (χ1v) is 5.37. The van der Waals surface area contributed by atoms with Gasteiger partial charge in [0, 0.05) is 12.7 Å². The molecule has 0 aliphatic carbocycles. The highest BCUT2D eigenvalue weighted by molar-refractivity contribution is 5.91. The number of carbonyl (C=O) groups is 1. The third kappa shape index (κ3) is 4.11. The third-order valence-electron chi connectivity index (χ3n) is 2.10. The molecule has 0 aliphatic heterocycles. The monoisotopic (exact) mass is 243 g/mol. The summed E-state index contributed by atoms with van der Waals surface area (Å²) in [6, 6.07) is 2.00. The molecule has 3 nitrogen and oxygen atoms in total. The fourth-order valence-electron chi connectivity index (χ4n) is 1.24. The molecule has 0 saturated heterocycles. The van der Waals surface area contributed by atoms with Crippen LogP contribution < -0.4 is 5.32 Å². The molecule has 1 aromatic rings. The topological polar surface area (TPSA) is 38.3 Å². The molecule has 94 valence electrons. The van der Waals surface area contributed by atoms with Gasteiger partial charge in [0.15, 0.2) is 0 Å². The summed E-state index contributed by atoms with van der Waals surface area (Å²) >= 11 is 0. The predicted molar refractivity (Wildman–Crippen MR) is 60.8 cm³/mol. The normalized spacial score (nSPS) is 10.4. The Morgan fingerprint density at radius 2 is 2.06 bits per heavy atom. The van der Waals surface area contributed by atoms with E-state index in [1.54, 1.807) is 0 Å². The summed E-state index contributed by atoms with van der Waals surface area (Å²) in [5.41, 5.74) is 0.0286. The molecule has 0 spiro atoms. The van der Waals surface area contributed by atoms with E-state index in [1.807, 2.05) is 6.92 Å². The lowest BCUT2D eigenvalue weighted by Gasteiger charge is -2.08. The van der Waals surface area contributed by atoms with Crippen molar-refractivity contribution in [2.45, 2.75) is 20.3 Å². The lowest BCUT2D eigenvalue weighted by Crippen LogP contribution is -2.19. The number of halogens is 2. The maximum Gasteiger partial charge on any atom is 0.250 e. The van der Waals surface area contributed by atoms with Crippen LogP contribution in [0.2, 0.25) is 0 Å². The summed E-state index contributed by atoms with van der Waals surface area (Å²) in [6.45, 7) is 3.65. The Labute approximate surface area is 98.8 Å². The van der Waals surface area contributed by atoms with Crippen molar-refractivity contribution < 1.29 is 18.3 Å². The predicted octanol–water partition coefficient (Wildman–Crippen LogP) is 2.64. The maximum atomic E-state index is 13.4. The van der Waals surface area contributed by atoms with Crippen molar-refractivity contribution in [3.63, 3.8) is 0 Å². The minimum Gasteiger partial charge on any atom is -0.372 e. The Morgan fingerprint density at radius 3 is 2.71 bits per heavy atom. The molecule has 1 rings (SSSR count). The van der Waals surface area contributed by atoms with Crippen LogP contribution in [0.1, 0.15) is 18.9 Å². The second-order valence-corrected chi connectivity index (χ2v) is 3.68. The van der Waals surface area contributed by atoms with Crippen molar-refractivity contribution >= 4 is 11.6 Å². The Kier molecular flexibility index (Phi) is 5.03. The average molecular weight is 243 g/mol. The highest BCUT2D eigenvalue weighted by atomic mass is 19.1. The molecule has 1 amide bonds. The third-order valence-corrected chi connectivity index (χ3v) is 2.10. The molecule has 0 saturated carbocycles. The van der Waals surface area contributed by atoms with Crippen molar-refractivity contribution in [1.82, 2.24) is 0 Å². The molecule has 0 bridgehead atoms. The summed E-state index contributed by atoms with van der Waals surface area (Å²) in [5, 5.41) is 2.26. The van der Waals surface area contributed by atoms with Crippen LogP contribution in [0.5, 0.6) is 0 Å². The van der Waals surface area contributed by atoms with Gasteiger partial charge in [-0.3, -0.25) is 4.79 Å². The number of amides is 1. The highest BCUT2D eigenvalue weighted by Crippen LogP contribution is 2.18. The summed E-state index contributed by atoms with van der Waals surface area (Å²) in [4.78, 5) is 11.3. The average Bonchev–Trinajstić information content (AvgIpc) is 2.26. The van der Waals surface area contributed by atoms with Crippen LogP contribution in [-0.4, -0.2) is 19.1 Å². The van der Waals surface area contributed by atoms with E-state index in [0.717, 1.165) is 18.6 Å². The van der Waals surface area contributed by atoms with Crippen molar-refractivity contribution in [3.05, 3.63) is 29.3 Å². The molecule has 5 heteroatoms. The van der Waals surface area contributed by atoms with E-state index in [9.17, 15) is 13.6 Å². The number of nitrogens with one attached hydrogen (secondary N) is 1. The standard InChI is InChI=1S/C12H15F2NO2/c1-3-4-17-7-12(16)15-11-6-9(13)8(2)5-10(11)14/h5-6H,3-4,7H2,1-2H3,(H,15,16). The van der Waals surface area contributed by atoms with E-state index in [-0.39, 0.29) is 17.9 Å². The van der Waals surface area contributed by atoms with Crippen molar-refractivity contribution in [3.8, 4) is 0 Å². The zero-order valence-electron chi connectivity index (χ0n) is 9.85. The second-order valence-electron chi connectivity index (χ2n) is 3.68. The van der Waals surface area contributed by atoms with E-state index >= 15 is 0 Å². The lowest BCUT2D eigenvalue weighted by atomic mass is 10.2. The first-order valence-electron chi connectivity index (χ1n) is 5.37. The molecule has 0 atom stereocenters. The van der Waals surface area contributed by atoms with Crippen LogP contribution in [-0.2, 0) is 9.53 Å². The van der Waals surface area contributed by atoms with Crippen LogP contribution in [0.15, 0.2) is 12.1 Å². The van der Waals surface area contributed by atoms with Crippen molar-refractivity contribution in [2.75, 3.05) is 18.5 Å². The first kappa shape index (κ1) is 13.6. The van der Waals surface area contributed by atoms with E-state index in [4.69, 9.17) is 4.74 Å². The number of anilines is 1. The molecule has 1 N–H and O–H groups in total. The van der Waals surface area contributed by atoms with Gasteiger partial charge >= 0.3 is 0 Å². The number of aryl methyl sites for hydroxylation is 1. The molecular weight excluding hydrogens is 228 g/mol. The van der Waals surface area contributed by atoms with Crippen LogP contribution in [0.4, 0.5) is 14.5 Å². The van der Waals surface area contributed by atoms with Crippen LogP contribution in [0.25, 0.3) is 0 Å².